The van der Waals surface area contributed by atoms with Gasteiger partial charge < -0.3 is 4.74 Å². The molecule has 122 valence electrons. The Hall–Kier alpha value is -2.60. The van der Waals surface area contributed by atoms with Crippen molar-refractivity contribution in [1.82, 2.24) is 15.0 Å². The van der Waals surface area contributed by atoms with Gasteiger partial charge in [-0.25, -0.2) is 15.0 Å². The number of thiazole rings is 1. The summed E-state index contributed by atoms with van der Waals surface area (Å²) in [6.45, 7) is 1.90. The van der Waals surface area contributed by atoms with Crippen LogP contribution in [0.3, 0.4) is 0 Å². The molecule has 1 unspecified atom stereocenters. The van der Waals surface area contributed by atoms with Gasteiger partial charge in [0, 0.05) is 24.2 Å². The Kier molecular flexibility index (Phi) is 5.28. The van der Waals surface area contributed by atoms with E-state index in [4.69, 9.17) is 4.74 Å². The van der Waals surface area contributed by atoms with E-state index in [9.17, 15) is 4.79 Å². The van der Waals surface area contributed by atoms with Gasteiger partial charge in [0.2, 0.25) is 0 Å². The van der Waals surface area contributed by atoms with E-state index >= 15 is 0 Å². The van der Waals surface area contributed by atoms with E-state index in [1.165, 1.54) is 11.3 Å². The molecule has 0 bridgehead atoms. The monoisotopic (exact) mass is 339 g/mol. The first-order valence-electron chi connectivity index (χ1n) is 7.66. The lowest BCUT2D eigenvalue weighted by molar-refractivity contribution is -0.147. The predicted molar refractivity (Wildman–Crippen MR) is 92.5 cm³/mol. The fraction of sp³-hybridized carbons (Fsp3) is 0.222. The van der Waals surface area contributed by atoms with Crippen LogP contribution in [0.1, 0.15) is 18.2 Å². The minimum Gasteiger partial charge on any atom is -0.462 e. The van der Waals surface area contributed by atoms with Crippen LogP contribution in [0.15, 0.2) is 54.2 Å². The minimum atomic E-state index is -0.274. The quantitative estimate of drug-likeness (QED) is 0.645. The molecule has 5 nitrogen and oxygen atoms in total. The van der Waals surface area contributed by atoms with Crippen molar-refractivity contribution >= 4 is 17.3 Å². The van der Waals surface area contributed by atoms with Gasteiger partial charge in [-0.1, -0.05) is 30.3 Å². The highest BCUT2D eigenvalue weighted by Gasteiger charge is 2.14. The number of hydrogen-bond donors (Lipinski definition) is 0. The van der Waals surface area contributed by atoms with Gasteiger partial charge >= 0.3 is 5.97 Å². The number of nitrogens with zero attached hydrogens (tertiary/aromatic N) is 3. The van der Waals surface area contributed by atoms with Crippen molar-refractivity contribution in [2.75, 3.05) is 0 Å². The second-order valence-corrected chi connectivity index (χ2v) is 6.24. The largest absolute Gasteiger partial charge is 0.462 e. The Bertz CT molecular complexity index is 790. The van der Waals surface area contributed by atoms with E-state index in [-0.39, 0.29) is 18.5 Å². The number of carbonyl (C=O) groups is 1. The fourth-order valence-corrected chi connectivity index (χ4v) is 3.07. The van der Waals surface area contributed by atoms with Crippen LogP contribution < -0.4 is 0 Å². The van der Waals surface area contributed by atoms with Gasteiger partial charge in [-0.05, 0) is 18.6 Å². The molecule has 0 N–H and O–H groups in total. The van der Waals surface area contributed by atoms with E-state index in [0.29, 0.717) is 22.9 Å². The van der Waals surface area contributed by atoms with Gasteiger partial charge in [0.1, 0.15) is 6.10 Å². The molecule has 0 radical (unpaired) electrons. The van der Waals surface area contributed by atoms with Gasteiger partial charge in [-0.15, -0.1) is 11.3 Å². The number of ether oxygens (including phenoxy) is 1. The van der Waals surface area contributed by atoms with Crippen LogP contribution in [-0.2, 0) is 22.4 Å². The van der Waals surface area contributed by atoms with Gasteiger partial charge in [0.05, 0.1) is 12.1 Å². The van der Waals surface area contributed by atoms with Crippen molar-refractivity contribution in [2.24, 2.45) is 0 Å². The van der Waals surface area contributed by atoms with Crippen molar-refractivity contribution in [3.63, 3.8) is 0 Å². The SMILES string of the molecule is CC(Cc1ccccc1)OC(=O)Cc1csc(-c2ncccn2)n1. The summed E-state index contributed by atoms with van der Waals surface area (Å²) in [4.78, 5) is 24.8. The van der Waals surface area contributed by atoms with Crippen LogP contribution >= 0.6 is 11.3 Å². The van der Waals surface area contributed by atoms with Gasteiger partial charge in [0.15, 0.2) is 10.8 Å². The molecule has 3 aromatic rings. The van der Waals surface area contributed by atoms with Crippen molar-refractivity contribution in [1.29, 1.82) is 0 Å². The lowest BCUT2D eigenvalue weighted by Crippen LogP contribution is -2.18. The second-order valence-electron chi connectivity index (χ2n) is 5.38. The van der Waals surface area contributed by atoms with E-state index in [2.05, 4.69) is 15.0 Å². The first kappa shape index (κ1) is 16.3. The van der Waals surface area contributed by atoms with Crippen molar-refractivity contribution < 1.29 is 9.53 Å². The van der Waals surface area contributed by atoms with Crippen molar-refractivity contribution in [2.45, 2.75) is 25.9 Å². The molecule has 2 heterocycles. The number of benzene rings is 1. The Morgan fingerprint density at radius 1 is 1.17 bits per heavy atom. The Morgan fingerprint density at radius 2 is 1.92 bits per heavy atom. The van der Waals surface area contributed by atoms with Crippen LogP contribution in [-0.4, -0.2) is 27.0 Å². The zero-order valence-corrected chi connectivity index (χ0v) is 14.1. The number of carbonyl (C=O) groups excluding carboxylic acids is 1. The molecule has 3 rings (SSSR count). The van der Waals surface area contributed by atoms with Crippen LogP contribution in [0.25, 0.3) is 10.8 Å². The third-order valence-electron chi connectivity index (χ3n) is 3.33. The lowest BCUT2D eigenvalue weighted by Gasteiger charge is -2.12. The predicted octanol–water partition coefficient (Wildman–Crippen LogP) is 3.32. The van der Waals surface area contributed by atoms with E-state index in [1.54, 1.807) is 18.5 Å². The van der Waals surface area contributed by atoms with Crippen molar-refractivity contribution in [3.8, 4) is 10.8 Å². The summed E-state index contributed by atoms with van der Waals surface area (Å²) in [5.41, 5.74) is 1.83. The number of hydrogen-bond acceptors (Lipinski definition) is 6. The topological polar surface area (TPSA) is 65.0 Å². The molecule has 0 aliphatic rings. The molecule has 0 spiro atoms. The number of aromatic nitrogens is 3. The third kappa shape index (κ3) is 4.45. The highest BCUT2D eigenvalue weighted by molar-refractivity contribution is 7.13. The molecule has 1 atom stereocenters. The molecular formula is C18H17N3O2S. The zero-order chi connectivity index (χ0) is 16.8. The van der Waals surface area contributed by atoms with E-state index in [1.807, 2.05) is 42.6 Å². The average Bonchev–Trinajstić information content (AvgIpc) is 3.04. The molecule has 0 amide bonds. The van der Waals surface area contributed by atoms with Crippen LogP contribution in [0.4, 0.5) is 0 Å². The van der Waals surface area contributed by atoms with Gasteiger partial charge in [0.25, 0.3) is 0 Å². The molecule has 0 fully saturated rings. The molecule has 1 aromatic carbocycles. The molecule has 0 aliphatic heterocycles. The summed E-state index contributed by atoms with van der Waals surface area (Å²) in [6.07, 6.45) is 4.02. The van der Waals surface area contributed by atoms with E-state index in [0.717, 1.165) is 5.56 Å². The highest BCUT2D eigenvalue weighted by Crippen LogP contribution is 2.20. The summed E-state index contributed by atoms with van der Waals surface area (Å²) in [7, 11) is 0. The van der Waals surface area contributed by atoms with Crippen LogP contribution in [0.2, 0.25) is 0 Å². The van der Waals surface area contributed by atoms with Crippen LogP contribution in [0, 0.1) is 0 Å². The Morgan fingerprint density at radius 3 is 2.67 bits per heavy atom. The molecule has 24 heavy (non-hydrogen) atoms. The maximum atomic E-state index is 12.1. The second kappa shape index (κ2) is 7.79. The van der Waals surface area contributed by atoms with E-state index < -0.39 is 0 Å². The molecular weight excluding hydrogens is 322 g/mol. The standard InChI is InChI=1S/C18H17N3O2S/c1-13(10-14-6-3-2-4-7-14)23-16(22)11-15-12-24-18(21-15)17-19-8-5-9-20-17/h2-9,12-13H,10-11H2,1H3. The lowest BCUT2D eigenvalue weighted by atomic mass is 10.1. The minimum absolute atomic E-state index is 0.155. The fourth-order valence-electron chi connectivity index (χ4n) is 2.30. The summed E-state index contributed by atoms with van der Waals surface area (Å²) in [6, 6.07) is 11.7. The van der Waals surface area contributed by atoms with Gasteiger partial charge in [-0.2, -0.15) is 0 Å². The number of rotatable bonds is 6. The zero-order valence-electron chi connectivity index (χ0n) is 13.3. The number of esters is 1. The first-order valence-corrected chi connectivity index (χ1v) is 8.54. The summed E-state index contributed by atoms with van der Waals surface area (Å²) in [5, 5.41) is 2.55. The highest BCUT2D eigenvalue weighted by atomic mass is 32.1. The van der Waals surface area contributed by atoms with Crippen LogP contribution in [0.5, 0.6) is 0 Å². The summed E-state index contributed by atoms with van der Waals surface area (Å²) in [5.74, 6) is 0.295. The molecule has 0 saturated heterocycles. The third-order valence-corrected chi connectivity index (χ3v) is 4.22. The maximum absolute atomic E-state index is 12.1. The summed E-state index contributed by atoms with van der Waals surface area (Å²) >= 11 is 1.42. The normalized spacial score (nSPS) is 11.9. The Labute approximate surface area is 144 Å². The molecule has 0 saturated carbocycles. The molecule has 2 aromatic heterocycles. The first-order chi connectivity index (χ1) is 11.7. The average molecular weight is 339 g/mol. The molecule has 6 heteroatoms. The smallest absolute Gasteiger partial charge is 0.312 e. The Balaban J connectivity index is 1.54. The van der Waals surface area contributed by atoms with Crippen molar-refractivity contribution in [3.05, 3.63) is 65.4 Å². The van der Waals surface area contributed by atoms with Gasteiger partial charge in [-0.3, -0.25) is 4.79 Å². The molecule has 0 aliphatic carbocycles. The maximum Gasteiger partial charge on any atom is 0.312 e. The summed E-state index contributed by atoms with van der Waals surface area (Å²) < 4.78 is 5.47.